The van der Waals surface area contributed by atoms with Gasteiger partial charge in [0.15, 0.2) is 0 Å². The zero-order valence-corrected chi connectivity index (χ0v) is 12.0. The van der Waals surface area contributed by atoms with Crippen LogP contribution in [-0.4, -0.2) is 29.6 Å². The molecule has 0 aliphatic heterocycles. The summed E-state index contributed by atoms with van der Waals surface area (Å²) in [7, 11) is 0. The van der Waals surface area contributed by atoms with Crippen LogP contribution in [0.3, 0.4) is 0 Å². The minimum absolute atomic E-state index is 0.0230. The van der Waals surface area contributed by atoms with E-state index in [0.717, 1.165) is 44.9 Å². The fraction of sp³-hybridized carbons (Fsp3) is 0.867. The maximum absolute atomic E-state index is 12.4. The van der Waals surface area contributed by atoms with Crippen LogP contribution in [-0.2, 0) is 9.59 Å². The summed E-state index contributed by atoms with van der Waals surface area (Å²) in [5, 5.41) is 12.3. The number of aliphatic carboxylic acids is 1. The minimum atomic E-state index is -0.783. The highest BCUT2D eigenvalue weighted by Gasteiger charge is 2.35. The summed E-state index contributed by atoms with van der Waals surface area (Å²) < 4.78 is 0. The van der Waals surface area contributed by atoms with Crippen LogP contribution in [0.1, 0.15) is 51.4 Å². The van der Waals surface area contributed by atoms with Crippen molar-refractivity contribution in [2.24, 2.45) is 23.5 Å². The zero-order chi connectivity index (χ0) is 14.5. The van der Waals surface area contributed by atoms with E-state index in [1.165, 1.54) is 0 Å². The molecule has 0 spiro atoms. The highest BCUT2D eigenvalue weighted by molar-refractivity contribution is 5.80. The first-order chi connectivity index (χ1) is 9.63. The molecule has 4 atom stereocenters. The van der Waals surface area contributed by atoms with Crippen LogP contribution in [0.25, 0.3) is 0 Å². The van der Waals surface area contributed by atoms with Crippen molar-refractivity contribution in [3.8, 4) is 0 Å². The zero-order valence-electron chi connectivity index (χ0n) is 12.0. The van der Waals surface area contributed by atoms with Crippen molar-refractivity contribution in [2.75, 3.05) is 6.54 Å². The van der Waals surface area contributed by atoms with Gasteiger partial charge in [0.05, 0.1) is 5.92 Å². The van der Waals surface area contributed by atoms with E-state index in [4.69, 9.17) is 5.73 Å². The summed E-state index contributed by atoms with van der Waals surface area (Å²) >= 11 is 0. The summed E-state index contributed by atoms with van der Waals surface area (Å²) in [6, 6.07) is -0.200. The lowest BCUT2D eigenvalue weighted by Crippen LogP contribution is -2.49. The Hall–Kier alpha value is -1.10. The van der Waals surface area contributed by atoms with Crippen molar-refractivity contribution in [3.05, 3.63) is 0 Å². The summed E-state index contributed by atoms with van der Waals surface area (Å²) in [6.45, 7) is 0.547. The lowest BCUT2D eigenvalue weighted by molar-refractivity contribution is -0.144. The molecule has 2 saturated carbocycles. The molecule has 20 heavy (non-hydrogen) atoms. The molecule has 0 aromatic rings. The van der Waals surface area contributed by atoms with E-state index in [9.17, 15) is 14.7 Å². The number of carbonyl (C=O) groups excluding carboxylic acids is 1. The predicted octanol–water partition coefficient (Wildman–Crippen LogP) is 1.51. The van der Waals surface area contributed by atoms with Crippen LogP contribution in [0.4, 0.5) is 0 Å². The Morgan fingerprint density at radius 2 is 1.60 bits per heavy atom. The molecule has 5 heteroatoms. The third-order valence-electron chi connectivity index (χ3n) is 4.96. The maximum Gasteiger partial charge on any atom is 0.308 e. The van der Waals surface area contributed by atoms with Crippen molar-refractivity contribution < 1.29 is 14.7 Å². The molecule has 0 radical (unpaired) electrons. The van der Waals surface area contributed by atoms with Crippen LogP contribution in [0.15, 0.2) is 0 Å². The van der Waals surface area contributed by atoms with Crippen molar-refractivity contribution in [1.29, 1.82) is 0 Å². The minimum Gasteiger partial charge on any atom is -0.481 e. The van der Waals surface area contributed by atoms with E-state index in [-0.39, 0.29) is 23.8 Å². The molecule has 0 bridgehead atoms. The van der Waals surface area contributed by atoms with Crippen molar-refractivity contribution in [2.45, 2.75) is 57.4 Å². The number of carboxylic acid groups (broad SMARTS) is 1. The first-order valence-corrected chi connectivity index (χ1v) is 7.86. The highest BCUT2D eigenvalue weighted by atomic mass is 16.4. The van der Waals surface area contributed by atoms with Crippen LogP contribution < -0.4 is 11.1 Å². The molecule has 5 nitrogen and oxygen atoms in total. The molecule has 2 aliphatic rings. The second-order valence-electron chi connectivity index (χ2n) is 6.23. The SMILES string of the molecule is NCC1CCCCC1C(=O)NC1CCCCC1C(=O)O. The average molecular weight is 282 g/mol. The summed E-state index contributed by atoms with van der Waals surface area (Å²) in [5.74, 6) is -0.944. The number of carboxylic acids is 1. The van der Waals surface area contributed by atoms with Gasteiger partial charge in [-0.05, 0) is 38.1 Å². The van der Waals surface area contributed by atoms with Gasteiger partial charge in [-0.3, -0.25) is 9.59 Å². The molecule has 114 valence electrons. The molecular formula is C15H26N2O3. The first kappa shape index (κ1) is 15.3. The first-order valence-electron chi connectivity index (χ1n) is 7.86. The molecular weight excluding hydrogens is 256 g/mol. The van der Waals surface area contributed by atoms with Gasteiger partial charge in [-0.25, -0.2) is 0 Å². The Balaban J connectivity index is 1.96. The van der Waals surface area contributed by atoms with Crippen LogP contribution in [0, 0.1) is 17.8 Å². The monoisotopic (exact) mass is 282 g/mol. The molecule has 0 saturated heterocycles. The van der Waals surface area contributed by atoms with E-state index in [1.54, 1.807) is 0 Å². The van der Waals surface area contributed by atoms with Gasteiger partial charge in [-0.1, -0.05) is 25.7 Å². The van der Waals surface area contributed by atoms with Crippen LogP contribution in [0.5, 0.6) is 0 Å². The number of nitrogens with two attached hydrogens (primary N) is 1. The number of carbonyl (C=O) groups is 2. The molecule has 0 aromatic carbocycles. The Morgan fingerprint density at radius 3 is 2.25 bits per heavy atom. The van der Waals surface area contributed by atoms with Gasteiger partial charge in [-0.2, -0.15) is 0 Å². The van der Waals surface area contributed by atoms with Gasteiger partial charge in [0.1, 0.15) is 0 Å². The Morgan fingerprint density at radius 1 is 1.00 bits per heavy atom. The molecule has 2 fully saturated rings. The largest absolute Gasteiger partial charge is 0.481 e. The van der Waals surface area contributed by atoms with Gasteiger partial charge in [0.25, 0.3) is 0 Å². The number of rotatable bonds is 4. The molecule has 4 unspecified atom stereocenters. The fourth-order valence-corrected chi connectivity index (χ4v) is 3.72. The smallest absolute Gasteiger partial charge is 0.308 e. The van der Waals surface area contributed by atoms with E-state index in [2.05, 4.69) is 5.32 Å². The number of amides is 1. The van der Waals surface area contributed by atoms with Crippen LogP contribution in [0.2, 0.25) is 0 Å². The average Bonchev–Trinajstić information content (AvgIpc) is 2.47. The van der Waals surface area contributed by atoms with E-state index >= 15 is 0 Å². The van der Waals surface area contributed by atoms with E-state index < -0.39 is 11.9 Å². The van der Waals surface area contributed by atoms with Crippen molar-refractivity contribution >= 4 is 11.9 Å². The fourth-order valence-electron chi connectivity index (χ4n) is 3.72. The summed E-state index contributed by atoms with van der Waals surface area (Å²) in [6.07, 6.45) is 7.51. The molecule has 1 amide bonds. The Labute approximate surface area is 120 Å². The molecule has 4 N–H and O–H groups in total. The topological polar surface area (TPSA) is 92.4 Å². The molecule has 0 aromatic heterocycles. The third-order valence-corrected chi connectivity index (χ3v) is 4.96. The summed E-state index contributed by atoms with van der Waals surface area (Å²) in [5.41, 5.74) is 5.77. The van der Waals surface area contributed by atoms with Crippen LogP contribution >= 0.6 is 0 Å². The standard InChI is InChI=1S/C15H26N2O3/c16-9-10-5-1-2-6-11(10)14(18)17-13-8-4-3-7-12(13)15(19)20/h10-13H,1-9,16H2,(H,17,18)(H,19,20). The lowest BCUT2D eigenvalue weighted by Gasteiger charge is -2.34. The van der Waals surface area contributed by atoms with E-state index in [1.807, 2.05) is 0 Å². The van der Waals surface area contributed by atoms with E-state index in [0.29, 0.717) is 13.0 Å². The maximum atomic E-state index is 12.4. The van der Waals surface area contributed by atoms with Gasteiger partial charge in [-0.15, -0.1) is 0 Å². The van der Waals surface area contributed by atoms with Gasteiger partial charge in [0, 0.05) is 12.0 Å². The second kappa shape index (κ2) is 7.07. The Kier molecular flexibility index (Phi) is 5.40. The van der Waals surface area contributed by atoms with Crippen molar-refractivity contribution in [1.82, 2.24) is 5.32 Å². The highest BCUT2D eigenvalue weighted by Crippen LogP contribution is 2.31. The number of nitrogens with one attached hydrogen (secondary N) is 1. The normalized spacial score (nSPS) is 34.5. The number of hydrogen-bond donors (Lipinski definition) is 3. The third kappa shape index (κ3) is 3.51. The predicted molar refractivity (Wildman–Crippen MR) is 76.0 cm³/mol. The van der Waals surface area contributed by atoms with Gasteiger partial charge in [0.2, 0.25) is 5.91 Å². The quantitative estimate of drug-likeness (QED) is 0.728. The lowest BCUT2D eigenvalue weighted by atomic mass is 9.78. The molecule has 0 heterocycles. The molecule has 2 rings (SSSR count). The molecule has 2 aliphatic carbocycles. The van der Waals surface area contributed by atoms with Gasteiger partial charge >= 0.3 is 5.97 Å². The number of hydrogen-bond acceptors (Lipinski definition) is 3. The summed E-state index contributed by atoms with van der Waals surface area (Å²) in [4.78, 5) is 23.7. The van der Waals surface area contributed by atoms with Crippen molar-refractivity contribution in [3.63, 3.8) is 0 Å². The second-order valence-corrected chi connectivity index (χ2v) is 6.23. The van der Waals surface area contributed by atoms with Gasteiger partial charge < -0.3 is 16.2 Å². The Bertz CT molecular complexity index is 359.